The van der Waals surface area contributed by atoms with Gasteiger partial charge in [-0.2, -0.15) is 0 Å². The fraction of sp³-hybridized carbons (Fsp3) is 1.00. The van der Waals surface area contributed by atoms with Crippen LogP contribution in [0.15, 0.2) is 0 Å². The molecule has 2 heteroatoms. The molecule has 0 aromatic heterocycles. The monoisotopic (exact) mass is 210 g/mol. The summed E-state index contributed by atoms with van der Waals surface area (Å²) in [5, 5.41) is 3.62. The van der Waals surface area contributed by atoms with Gasteiger partial charge in [-0.3, -0.25) is 4.90 Å². The van der Waals surface area contributed by atoms with E-state index in [-0.39, 0.29) is 0 Å². The molecule has 2 nitrogen and oxygen atoms in total. The Morgan fingerprint density at radius 1 is 1.20 bits per heavy atom. The first-order chi connectivity index (χ1) is 7.31. The maximum atomic E-state index is 3.62. The molecule has 1 aliphatic heterocycles. The smallest absolute Gasteiger partial charge is 0.0195 e. The molecule has 3 atom stereocenters. The Kier molecular flexibility index (Phi) is 4.04. The van der Waals surface area contributed by atoms with Crippen LogP contribution in [-0.4, -0.2) is 36.6 Å². The maximum absolute atomic E-state index is 3.62. The van der Waals surface area contributed by atoms with E-state index >= 15 is 0 Å². The first-order valence-electron chi connectivity index (χ1n) is 6.78. The summed E-state index contributed by atoms with van der Waals surface area (Å²) in [5.41, 5.74) is 0. The second-order valence-corrected chi connectivity index (χ2v) is 5.36. The summed E-state index contributed by atoms with van der Waals surface area (Å²) in [6.45, 7) is 8.50. The molecule has 2 rings (SSSR count). The second-order valence-electron chi connectivity index (χ2n) is 5.36. The van der Waals surface area contributed by atoms with Crippen LogP contribution in [0.3, 0.4) is 0 Å². The molecule has 2 aliphatic rings. The van der Waals surface area contributed by atoms with E-state index in [1.807, 2.05) is 0 Å². The van der Waals surface area contributed by atoms with Gasteiger partial charge < -0.3 is 5.32 Å². The number of hydrogen-bond acceptors (Lipinski definition) is 2. The average Bonchev–Trinajstić information content (AvgIpc) is 2.85. The molecule has 0 aromatic rings. The van der Waals surface area contributed by atoms with Gasteiger partial charge in [0.15, 0.2) is 0 Å². The molecule has 1 saturated heterocycles. The Balaban J connectivity index is 1.85. The lowest BCUT2D eigenvalue weighted by Gasteiger charge is -2.32. The summed E-state index contributed by atoms with van der Waals surface area (Å²) < 4.78 is 0. The van der Waals surface area contributed by atoms with Crippen LogP contribution in [0.2, 0.25) is 0 Å². The molecule has 0 spiro atoms. The van der Waals surface area contributed by atoms with Crippen molar-refractivity contribution in [2.45, 2.75) is 58.0 Å². The summed E-state index contributed by atoms with van der Waals surface area (Å²) in [6.07, 6.45) is 7.08. The van der Waals surface area contributed by atoms with Crippen molar-refractivity contribution >= 4 is 0 Å². The fourth-order valence-corrected chi connectivity index (χ4v) is 3.36. The van der Waals surface area contributed by atoms with E-state index in [4.69, 9.17) is 0 Å². The minimum atomic E-state index is 0.776. The van der Waals surface area contributed by atoms with Gasteiger partial charge >= 0.3 is 0 Å². The lowest BCUT2D eigenvalue weighted by Crippen LogP contribution is -2.44. The van der Waals surface area contributed by atoms with Crippen molar-refractivity contribution < 1.29 is 0 Å². The first kappa shape index (κ1) is 11.4. The summed E-state index contributed by atoms with van der Waals surface area (Å²) >= 11 is 0. The van der Waals surface area contributed by atoms with Gasteiger partial charge in [0.1, 0.15) is 0 Å². The second kappa shape index (κ2) is 5.31. The zero-order valence-electron chi connectivity index (χ0n) is 10.3. The van der Waals surface area contributed by atoms with E-state index in [0.29, 0.717) is 0 Å². The minimum absolute atomic E-state index is 0.776. The van der Waals surface area contributed by atoms with Gasteiger partial charge in [0.2, 0.25) is 0 Å². The van der Waals surface area contributed by atoms with E-state index in [9.17, 15) is 0 Å². The summed E-state index contributed by atoms with van der Waals surface area (Å²) in [6, 6.07) is 1.65. The third kappa shape index (κ3) is 2.73. The molecule has 1 N–H and O–H groups in total. The highest BCUT2D eigenvalue weighted by Gasteiger charge is 2.29. The van der Waals surface area contributed by atoms with Crippen molar-refractivity contribution in [1.82, 2.24) is 10.2 Å². The van der Waals surface area contributed by atoms with Crippen LogP contribution < -0.4 is 5.32 Å². The SMILES string of the molecule is CCN(CC1CCCN1)C1CCCC1C. The van der Waals surface area contributed by atoms with Crippen LogP contribution in [0.25, 0.3) is 0 Å². The predicted molar refractivity (Wildman–Crippen MR) is 65.1 cm³/mol. The normalized spacial score (nSPS) is 36.6. The third-order valence-electron chi connectivity index (χ3n) is 4.31. The van der Waals surface area contributed by atoms with E-state index < -0.39 is 0 Å². The quantitative estimate of drug-likeness (QED) is 0.765. The molecule has 3 unspecified atom stereocenters. The van der Waals surface area contributed by atoms with Crippen molar-refractivity contribution in [3.8, 4) is 0 Å². The summed E-state index contributed by atoms with van der Waals surface area (Å²) in [7, 11) is 0. The van der Waals surface area contributed by atoms with Gasteiger partial charge in [0, 0.05) is 18.6 Å². The highest BCUT2D eigenvalue weighted by Crippen LogP contribution is 2.29. The van der Waals surface area contributed by atoms with Crippen LogP contribution in [0.1, 0.15) is 46.0 Å². The first-order valence-corrected chi connectivity index (χ1v) is 6.78. The third-order valence-corrected chi connectivity index (χ3v) is 4.31. The van der Waals surface area contributed by atoms with Gasteiger partial charge in [0.05, 0.1) is 0 Å². The molecule has 15 heavy (non-hydrogen) atoms. The molecule has 2 fully saturated rings. The molecule has 88 valence electrons. The molecule has 0 amide bonds. The molecule has 1 aliphatic carbocycles. The number of nitrogens with one attached hydrogen (secondary N) is 1. The van der Waals surface area contributed by atoms with Crippen molar-refractivity contribution in [1.29, 1.82) is 0 Å². The van der Waals surface area contributed by atoms with Gasteiger partial charge in [0.25, 0.3) is 0 Å². The molecule has 0 aromatic carbocycles. The number of nitrogens with zero attached hydrogens (tertiary/aromatic N) is 1. The lowest BCUT2D eigenvalue weighted by molar-refractivity contribution is 0.161. The Labute approximate surface area is 94.4 Å². The minimum Gasteiger partial charge on any atom is -0.313 e. The number of likely N-dealkylation sites (N-methyl/N-ethyl adjacent to an activating group) is 1. The van der Waals surface area contributed by atoms with Gasteiger partial charge in [-0.15, -0.1) is 0 Å². The number of hydrogen-bond donors (Lipinski definition) is 1. The van der Waals surface area contributed by atoms with Crippen molar-refractivity contribution in [3.63, 3.8) is 0 Å². The molecular weight excluding hydrogens is 184 g/mol. The molecule has 0 bridgehead atoms. The van der Waals surface area contributed by atoms with Crippen LogP contribution in [0.5, 0.6) is 0 Å². The average molecular weight is 210 g/mol. The lowest BCUT2D eigenvalue weighted by atomic mass is 10.0. The summed E-state index contributed by atoms with van der Waals surface area (Å²) in [4.78, 5) is 2.72. The van der Waals surface area contributed by atoms with Crippen molar-refractivity contribution in [3.05, 3.63) is 0 Å². The standard InChI is InChI=1S/C13H26N2/c1-3-15(10-12-7-5-9-14-12)13-8-4-6-11(13)2/h11-14H,3-10H2,1-2H3. The molecular formula is C13H26N2. The van der Waals surface area contributed by atoms with Crippen LogP contribution in [-0.2, 0) is 0 Å². The topological polar surface area (TPSA) is 15.3 Å². The Morgan fingerprint density at radius 2 is 2.07 bits per heavy atom. The van der Waals surface area contributed by atoms with E-state index in [0.717, 1.165) is 18.0 Å². The van der Waals surface area contributed by atoms with E-state index in [2.05, 4.69) is 24.1 Å². The zero-order chi connectivity index (χ0) is 10.7. The Morgan fingerprint density at radius 3 is 2.60 bits per heavy atom. The van der Waals surface area contributed by atoms with Crippen molar-refractivity contribution in [2.75, 3.05) is 19.6 Å². The largest absolute Gasteiger partial charge is 0.313 e. The fourth-order valence-electron chi connectivity index (χ4n) is 3.36. The number of rotatable bonds is 4. The van der Waals surface area contributed by atoms with Crippen LogP contribution >= 0.6 is 0 Å². The Hall–Kier alpha value is -0.0800. The van der Waals surface area contributed by atoms with Crippen molar-refractivity contribution in [2.24, 2.45) is 5.92 Å². The molecule has 0 radical (unpaired) electrons. The maximum Gasteiger partial charge on any atom is 0.0195 e. The summed E-state index contributed by atoms with van der Waals surface area (Å²) in [5.74, 6) is 0.923. The highest BCUT2D eigenvalue weighted by atomic mass is 15.2. The molecule has 1 heterocycles. The van der Waals surface area contributed by atoms with Gasteiger partial charge in [-0.05, 0) is 44.7 Å². The zero-order valence-corrected chi connectivity index (χ0v) is 10.3. The van der Waals surface area contributed by atoms with Gasteiger partial charge in [-0.25, -0.2) is 0 Å². The van der Waals surface area contributed by atoms with Crippen LogP contribution in [0, 0.1) is 5.92 Å². The molecule has 1 saturated carbocycles. The predicted octanol–water partition coefficient (Wildman–Crippen LogP) is 2.25. The van der Waals surface area contributed by atoms with E-state index in [1.54, 1.807) is 0 Å². The highest BCUT2D eigenvalue weighted by molar-refractivity contribution is 4.86. The Bertz CT molecular complexity index is 187. The van der Waals surface area contributed by atoms with Gasteiger partial charge in [-0.1, -0.05) is 20.3 Å². The van der Waals surface area contributed by atoms with E-state index in [1.165, 1.54) is 51.7 Å². The van der Waals surface area contributed by atoms with Crippen LogP contribution in [0.4, 0.5) is 0 Å².